The summed E-state index contributed by atoms with van der Waals surface area (Å²) in [6.07, 6.45) is 1.92. The van der Waals surface area contributed by atoms with Crippen LogP contribution in [0, 0.1) is 0 Å². The van der Waals surface area contributed by atoms with Gasteiger partial charge >= 0.3 is 0 Å². The van der Waals surface area contributed by atoms with Gasteiger partial charge in [0, 0.05) is 27.8 Å². The molecule has 0 N–H and O–H groups in total. The Hall–Kier alpha value is -3.65. The van der Waals surface area contributed by atoms with E-state index in [4.69, 9.17) is 4.98 Å². The molecule has 2 nitrogen and oxygen atoms in total. The third-order valence-electron chi connectivity index (χ3n) is 8.02. The normalized spacial score (nSPS) is 16.9. The second kappa shape index (κ2) is 6.02. The van der Waals surface area contributed by atoms with Gasteiger partial charge in [-0.25, -0.2) is 0 Å². The number of rotatable bonds is 0. The number of benzene rings is 4. The Balaban J connectivity index is 1.75. The number of hydrogen-bond donors (Lipinski definition) is 0. The summed E-state index contributed by atoms with van der Waals surface area (Å²) in [7, 11) is 0. The summed E-state index contributed by atoms with van der Waals surface area (Å²) in [5.74, 6) is 0. The van der Waals surface area contributed by atoms with E-state index < -0.39 is 0 Å². The first-order valence-electron chi connectivity index (χ1n) is 11.8. The molecule has 2 heteroatoms. The third-order valence-corrected chi connectivity index (χ3v) is 8.02. The van der Waals surface area contributed by atoms with Gasteiger partial charge in [0.2, 0.25) is 0 Å². The van der Waals surface area contributed by atoms with Crippen LogP contribution in [0.1, 0.15) is 49.9 Å². The van der Waals surface area contributed by atoms with Crippen molar-refractivity contribution in [3.63, 3.8) is 0 Å². The topological polar surface area (TPSA) is 16.1 Å². The highest BCUT2D eigenvalue weighted by molar-refractivity contribution is 6.11. The van der Waals surface area contributed by atoms with Gasteiger partial charge in [-0.2, -0.15) is 0 Å². The van der Waals surface area contributed by atoms with Gasteiger partial charge in [0.05, 0.1) is 22.6 Å². The number of anilines is 3. The number of para-hydroxylation sites is 2. The molecule has 0 spiro atoms. The van der Waals surface area contributed by atoms with Crippen LogP contribution in [0.25, 0.3) is 21.7 Å². The molecule has 1 aromatic heterocycles. The lowest BCUT2D eigenvalue weighted by atomic mass is 9.65. The predicted molar refractivity (Wildman–Crippen MR) is 138 cm³/mol. The molecule has 3 heterocycles. The Kier molecular flexibility index (Phi) is 3.44. The van der Waals surface area contributed by atoms with E-state index in [1.807, 2.05) is 12.3 Å². The molecule has 7 rings (SSSR count). The summed E-state index contributed by atoms with van der Waals surface area (Å²) in [6, 6.07) is 29.0. The van der Waals surface area contributed by atoms with Crippen LogP contribution in [-0.2, 0) is 10.8 Å². The van der Waals surface area contributed by atoms with Crippen molar-refractivity contribution < 1.29 is 0 Å². The molecular weight excluding hydrogens is 400 g/mol. The van der Waals surface area contributed by atoms with Crippen molar-refractivity contribution in [1.29, 1.82) is 0 Å². The summed E-state index contributed by atoms with van der Waals surface area (Å²) < 4.78 is 0. The van der Waals surface area contributed by atoms with Crippen LogP contribution in [0.15, 0.2) is 85.1 Å². The lowest BCUT2D eigenvalue weighted by molar-refractivity contribution is 0.602. The monoisotopic (exact) mass is 426 g/mol. The molecule has 0 saturated carbocycles. The molecule has 33 heavy (non-hydrogen) atoms. The minimum absolute atomic E-state index is 0.120. The van der Waals surface area contributed by atoms with Gasteiger partial charge < -0.3 is 4.90 Å². The van der Waals surface area contributed by atoms with Crippen LogP contribution in [0.2, 0.25) is 0 Å². The fraction of sp³-hybridized carbons (Fsp3) is 0.194. The van der Waals surface area contributed by atoms with Gasteiger partial charge in [-0.15, -0.1) is 0 Å². The number of aromatic nitrogens is 1. The summed E-state index contributed by atoms with van der Waals surface area (Å²) in [5.41, 5.74) is 10.3. The number of pyridine rings is 1. The molecule has 0 atom stereocenters. The quantitative estimate of drug-likeness (QED) is 0.232. The summed E-state index contributed by atoms with van der Waals surface area (Å²) in [5, 5.41) is 3.75. The van der Waals surface area contributed by atoms with Gasteiger partial charge in [0.15, 0.2) is 0 Å². The molecule has 0 saturated heterocycles. The van der Waals surface area contributed by atoms with E-state index in [0.717, 1.165) is 5.52 Å². The molecule has 2 aliphatic heterocycles. The molecule has 0 fully saturated rings. The Morgan fingerprint density at radius 3 is 2.03 bits per heavy atom. The first-order valence-corrected chi connectivity index (χ1v) is 11.8. The Morgan fingerprint density at radius 2 is 1.30 bits per heavy atom. The number of fused-ring (bicyclic) bond motifs is 8. The molecule has 0 bridgehead atoms. The Bertz CT molecular complexity index is 1610. The Labute approximate surface area is 194 Å². The van der Waals surface area contributed by atoms with Crippen molar-refractivity contribution in [2.75, 3.05) is 4.90 Å². The van der Waals surface area contributed by atoms with Crippen molar-refractivity contribution >= 4 is 38.7 Å². The van der Waals surface area contributed by atoms with E-state index in [1.54, 1.807) is 0 Å². The molecule has 5 aromatic rings. The fourth-order valence-electron chi connectivity index (χ4n) is 6.39. The van der Waals surface area contributed by atoms with E-state index >= 15 is 0 Å². The van der Waals surface area contributed by atoms with Crippen molar-refractivity contribution in [3.05, 3.63) is 107 Å². The van der Waals surface area contributed by atoms with Gasteiger partial charge in [-0.3, -0.25) is 4.98 Å². The van der Waals surface area contributed by atoms with Crippen LogP contribution in [-0.4, -0.2) is 4.98 Å². The fourth-order valence-corrected chi connectivity index (χ4v) is 6.39. The average molecular weight is 427 g/mol. The van der Waals surface area contributed by atoms with E-state index in [0.29, 0.717) is 0 Å². The zero-order valence-corrected chi connectivity index (χ0v) is 19.5. The first-order chi connectivity index (χ1) is 15.9. The lowest BCUT2D eigenvalue weighted by Gasteiger charge is -2.50. The second-order valence-corrected chi connectivity index (χ2v) is 10.5. The number of nitrogens with zero attached hydrogens (tertiary/aromatic N) is 2. The summed E-state index contributed by atoms with van der Waals surface area (Å²) in [6.45, 7) is 9.51. The van der Waals surface area contributed by atoms with Crippen molar-refractivity contribution in [1.82, 2.24) is 4.98 Å². The van der Waals surface area contributed by atoms with Crippen LogP contribution in [0.5, 0.6) is 0 Å². The lowest BCUT2D eigenvalue weighted by Crippen LogP contribution is -2.38. The predicted octanol–water partition coefficient (Wildman–Crippen LogP) is 8.14. The molecule has 160 valence electrons. The largest absolute Gasteiger partial charge is 0.309 e. The standard InChI is InChI=1S/C31H26N2/c1-30(2)22-11-5-7-13-25(22)33-26-14-8-6-12-23(26)31(3,4)27-20-16-15-19-10-9-17-32-28(19)21(20)18-24(30)29(27)33/h5-18H,1-4H3. The summed E-state index contributed by atoms with van der Waals surface area (Å²) >= 11 is 0. The molecular formula is C31H26N2. The highest BCUT2D eigenvalue weighted by Crippen LogP contribution is 2.61. The van der Waals surface area contributed by atoms with Crippen LogP contribution >= 0.6 is 0 Å². The van der Waals surface area contributed by atoms with E-state index in [2.05, 4.69) is 105 Å². The van der Waals surface area contributed by atoms with Gasteiger partial charge in [-0.05, 0) is 51.9 Å². The Morgan fingerprint density at radius 1 is 0.636 bits per heavy atom. The zero-order valence-electron chi connectivity index (χ0n) is 19.5. The molecule has 0 aliphatic carbocycles. The highest BCUT2D eigenvalue weighted by Gasteiger charge is 2.46. The smallest absolute Gasteiger partial charge is 0.0780 e. The van der Waals surface area contributed by atoms with Crippen LogP contribution < -0.4 is 4.90 Å². The number of hydrogen-bond acceptors (Lipinski definition) is 2. The van der Waals surface area contributed by atoms with Gasteiger partial charge in [0.1, 0.15) is 0 Å². The zero-order chi connectivity index (χ0) is 22.5. The molecule has 2 aliphatic rings. The van der Waals surface area contributed by atoms with Crippen LogP contribution in [0.3, 0.4) is 0 Å². The second-order valence-electron chi connectivity index (χ2n) is 10.5. The molecule has 0 amide bonds. The minimum atomic E-state index is -0.137. The van der Waals surface area contributed by atoms with Gasteiger partial charge in [0.25, 0.3) is 0 Å². The SMILES string of the molecule is CC1(C)c2ccccc2N2c3ccccc3C(C)(C)c3c2c1cc1c3ccc2cccnc21. The molecule has 0 unspecified atom stereocenters. The first kappa shape index (κ1) is 18.9. The third kappa shape index (κ3) is 2.21. The maximum Gasteiger partial charge on any atom is 0.0780 e. The highest BCUT2D eigenvalue weighted by atomic mass is 15.2. The van der Waals surface area contributed by atoms with E-state index in [1.165, 1.54) is 55.5 Å². The van der Waals surface area contributed by atoms with Crippen molar-refractivity contribution in [2.24, 2.45) is 0 Å². The van der Waals surface area contributed by atoms with Gasteiger partial charge in [-0.1, -0.05) is 82.3 Å². The van der Waals surface area contributed by atoms with Crippen molar-refractivity contribution in [3.8, 4) is 0 Å². The maximum absolute atomic E-state index is 4.84. The molecule has 4 aromatic carbocycles. The molecule has 0 radical (unpaired) electrons. The average Bonchev–Trinajstić information content (AvgIpc) is 2.83. The van der Waals surface area contributed by atoms with Crippen LogP contribution in [0.4, 0.5) is 17.1 Å². The van der Waals surface area contributed by atoms with E-state index in [-0.39, 0.29) is 10.8 Å². The maximum atomic E-state index is 4.84. The summed E-state index contributed by atoms with van der Waals surface area (Å²) in [4.78, 5) is 7.36. The minimum Gasteiger partial charge on any atom is -0.309 e. The van der Waals surface area contributed by atoms with E-state index in [9.17, 15) is 0 Å². The van der Waals surface area contributed by atoms with Crippen molar-refractivity contribution in [2.45, 2.75) is 38.5 Å².